The van der Waals surface area contributed by atoms with Gasteiger partial charge in [0, 0.05) is 19.2 Å². The van der Waals surface area contributed by atoms with Crippen LogP contribution in [0.3, 0.4) is 0 Å². The van der Waals surface area contributed by atoms with Crippen LogP contribution in [-0.4, -0.2) is 42.2 Å². The van der Waals surface area contributed by atoms with E-state index in [-0.39, 0.29) is 12.0 Å². The van der Waals surface area contributed by atoms with Gasteiger partial charge in [0.15, 0.2) is 0 Å². The molecule has 108 valence electrons. The van der Waals surface area contributed by atoms with E-state index in [9.17, 15) is 9.90 Å². The zero-order valence-corrected chi connectivity index (χ0v) is 12.0. The van der Waals surface area contributed by atoms with Gasteiger partial charge < -0.3 is 14.7 Å². The number of β-amino-alcohol motifs (C(OH)–C–C–N with tert-alkyl or cyclic N) is 1. The lowest BCUT2D eigenvalue weighted by Gasteiger charge is -2.29. The van der Waals surface area contributed by atoms with Crippen molar-refractivity contribution >= 4 is 11.5 Å². The zero-order valence-electron chi connectivity index (χ0n) is 12.0. The molecule has 1 atom stereocenters. The fourth-order valence-electron chi connectivity index (χ4n) is 2.37. The van der Waals surface area contributed by atoms with E-state index >= 15 is 0 Å². The average Bonchev–Trinajstić information content (AvgIpc) is 2.47. The molecule has 0 aromatic heterocycles. The molecule has 1 aliphatic heterocycles. The number of hydrogen-bond acceptors (Lipinski definition) is 3. The largest absolute Gasteiger partial charge is 0.497 e. The van der Waals surface area contributed by atoms with Crippen molar-refractivity contribution in [1.82, 2.24) is 4.90 Å². The Labute approximate surface area is 119 Å². The maximum Gasteiger partial charge on any atom is 0.246 e. The molecular weight excluding hydrogens is 254 g/mol. The van der Waals surface area contributed by atoms with Gasteiger partial charge in [0.05, 0.1) is 13.2 Å². The highest BCUT2D eigenvalue weighted by atomic mass is 16.5. The van der Waals surface area contributed by atoms with Crippen LogP contribution in [0, 0.1) is 0 Å². The molecule has 2 rings (SSSR count). The minimum atomic E-state index is -0.387. The van der Waals surface area contributed by atoms with Crippen molar-refractivity contribution < 1.29 is 14.6 Å². The van der Waals surface area contributed by atoms with Crippen LogP contribution < -0.4 is 4.74 Å². The third-order valence-corrected chi connectivity index (χ3v) is 3.59. The predicted molar refractivity (Wildman–Crippen MR) is 78.5 cm³/mol. The quantitative estimate of drug-likeness (QED) is 0.859. The van der Waals surface area contributed by atoms with Gasteiger partial charge in [-0.3, -0.25) is 4.79 Å². The molecule has 1 aromatic rings. The summed E-state index contributed by atoms with van der Waals surface area (Å²) in [4.78, 5) is 13.9. The average molecular weight is 275 g/mol. The number of ether oxygens (including phenoxy) is 1. The molecular formula is C16H21NO3. The van der Waals surface area contributed by atoms with Crippen LogP contribution in [0.25, 0.3) is 5.57 Å². The van der Waals surface area contributed by atoms with Crippen molar-refractivity contribution in [2.24, 2.45) is 0 Å². The Bertz CT molecular complexity index is 493. The second-order valence-corrected chi connectivity index (χ2v) is 5.14. The number of piperidine rings is 1. The summed E-state index contributed by atoms with van der Waals surface area (Å²) in [7, 11) is 1.63. The number of amides is 1. The third kappa shape index (κ3) is 3.61. The van der Waals surface area contributed by atoms with E-state index in [1.54, 1.807) is 18.1 Å². The van der Waals surface area contributed by atoms with E-state index in [1.165, 1.54) is 0 Å². The zero-order chi connectivity index (χ0) is 14.5. The molecule has 1 aliphatic rings. The monoisotopic (exact) mass is 275 g/mol. The maximum absolute atomic E-state index is 12.2. The Morgan fingerprint density at radius 1 is 1.40 bits per heavy atom. The molecule has 1 aromatic carbocycles. The first-order chi connectivity index (χ1) is 9.60. The fourth-order valence-corrected chi connectivity index (χ4v) is 2.37. The smallest absolute Gasteiger partial charge is 0.246 e. The van der Waals surface area contributed by atoms with Gasteiger partial charge in [-0.05, 0) is 43.0 Å². The molecule has 1 unspecified atom stereocenters. The first kappa shape index (κ1) is 14.6. The molecule has 1 fully saturated rings. The highest BCUT2D eigenvalue weighted by Gasteiger charge is 2.20. The standard InChI is InChI=1S/C16H21NO3/c1-12(13-5-7-15(20-2)8-6-13)10-16(19)17-9-3-4-14(18)11-17/h5-8,10,14,18H,3-4,9,11H2,1-2H3. The Kier molecular flexibility index (Phi) is 4.79. The van der Waals surface area contributed by atoms with Crippen molar-refractivity contribution in [2.75, 3.05) is 20.2 Å². The maximum atomic E-state index is 12.2. The lowest BCUT2D eigenvalue weighted by molar-refractivity contribution is -0.128. The van der Waals surface area contributed by atoms with E-state index < -0.39 is 0 Å². The number of hydrogen-bond donors (Lipinski definition) is 1. The number of aliphatic hydroxyl groups excluding tert-OH is 1. The molecule has 0 saturated carbocycles. The molecule has 1 heterocycles. The van der Waals surface area contributed by atoms with Crippen molar-refractivity contribution in [3.63, 3.8) is 0 Å². The molecule has 1 saturated heterocycles. The summed E-state index contributed by atoms with van der Waals surface area (Å²) in [5.74, 6) is 0.768. The van der Waals surface area contributed by atoms with Gasteiger partial charge in [-0.1, -0.05) is 12.1 Å². The molecule has 1 amide bonds. The molecule has 0 aliphatic carbocycles. The highest BCUT2D eigenvalue weighted by molar-refractivity contribution is 5.95. The van der Waals surface area contributed by atoms with Crippen LogP contribution in [0.1, 0.15) is 25.3 Å². The van der Waals surface area contributed by atoms with Crippen molar-refractivity contribution in [3.05, 3.63) is 35.9 Å². The molecule has 0 radical (unpaired) electrons. The Hall–Kier alpha value is -1.81. The summed E-state index contributed by atoms with van der Waals surface area (Å²) < 4.78 is 5.11. The minimum absolute atomic E-state index is 0.0305. The van der Waals surface area contributed by atoms with Crippen LogP contribution in [0.2, 0.25) is 0 Å². The summed E-state index contributed by atoms with van der Waals surface area (Å²) in [6.45, 7) is 3.08. The van der Waals surface area contributed by atoms with Gasteiger partial charge in [-0.15, -0.1) is 0 Å². The fraction of sp³-hybridized carbons (Fsp3) is 0.438. The van der Waals surface area contributed by atoms with Crippen LogP contribution in [0.5, 0.6) is 5.75 Å². The Balaban J connectivity index is 2.06. The number of carbonyl (C=O) groups excluding carboxylic acids is 1. The number of benzene rings is 1. The SMILES string of the molecule is COc1ccc(C(C)=CC(=O)N2CCCC(O)C2)cc1. The molecule has 0 bridgehead atoms. The predicted octanol–water partition coefficient (Wildman–Crippen LogP) is 2.08. The van der Waals surface area contributed by atoms with Gasteiger partial charge in [0.2, 0.25) is 5.91 Å². The van der Waals surface area contributed by atoms with Crippen LogP contribution >= 0.6 is 0 Å². The van der Waals surface area contributed by atoms with Crippen LogP contribution in [0.15, 0.2) is 30.3 Å². The summed E-state index contributed by atoms with van der Waals surface area (Å²) >= 11 is 0. The molecule has 4 nitrogen and oxygen atoms in total. The number of likely N-dealkylation sites (tertiary alicyclic amines) is 1. The van der Waals surface area contributed by atoms with Crippen molar-refractivity contribution in [2.45, 2.75) is 25.9 Å². The lowest BCUT2D eigenvalue weighted by Crippen LogP contribution is -2.41. The lowest BCUT2D eigenvalue weighted by atomic mass is 10.1. The number of nitrogens with zero attached hydrogens (tertiary/aromatic N) is 1. The summed E-state index contributed by atoms with van der Waals surface area (Å²) in [5.41, 5.74) is 1.91. The summed E-state index contributed by atoms with van der Waals surface area (Å²) in [5, 5.41) is 9.61. The van der Waals surface area contributed by atoms with Gasteiger partial charge in [0.25, 0.3) is 0 Å². The van der Waals surface area contributed by atoms with E-state index in [2.05, 4.69) is 0 Å². The van der Waals surface area contributed by atoms with Gasteiger partial charge in [0.1, 0.15) is 5.75 Å². The highest BCUT2D eigenvalue weighted by Crippen LogP contribution is 2.19. The van der Waals surface area contributed by atoms with E-state index in [0.717, 1.165) is 36.3 Å². The molecule has 20 heavy (non-hydrogen) atoms. The second kappa shape index (κ2) is 6.57. The first-order valence-electron chi connectivity index (χ1n) is 6.90. The van der Waals surface area contributed by atoms with E-state index in [0.29, 0.717) is 6.54 Å². The first-order valence-corrected chi connectivity index (χ1v) is 6.90. The number of aliphatic hydroxyl groups is 1. The molecule has 4 heteroatoms. The van der Waals surface area contributed by atoms with Crippen molar-refractivity contribution in [3.8, 4) is 5.75 Å². The minimum Gasteiger partial charge on any atom is -0.497 e. The van der Waals surface area contributed by atoms with Gasteiger partial charge in [-0.25, -0.2) is 0 Å². The second-order valence-electron chi connectivity index (χ2n) is 5.14. The normalized spacial score (nSPS) is 19.9. The van der Waals surface area contributed by atoms with Crippen LogP contribution in [-0.2, 0) is 4.79 Å². The number of rotatable bonds is 3. The topological polar surface area (TPSA) is 49.8 Å². The summed E-state index contributed by atoms with van der Waals surface area (Å²) in [6.07, 6.45) is 2.90. The number of methoxy groups -OCH3 is 1. The van der Waals surface area contributed by atoms with E-state index in [1.807, 2.05) is 31.2 Å². The number of allylic oxidation sites excluding steroid dienone is 1. The number of carbonyl (C=O) groups is 1. The van der Waals surface area contributed by atoms with Crippen molar-refractivity contribution in [1.29, 1.82) is 0 Å². The van der Waals surface area contributed by atoms with E-state index in [4.69, 9.17) is 4.74 Å². The third-order valence-electron chi connectivity index (χ3n) is 3.59. The molecule has 1 N–H and O–H groups in total. The molecule has 0 spiro atoms. The summed E-state index contributed by atoms with van der Waals surface area (Å²) in [6, 6.07) is 7.62. The Morgan fingerprint density at radius 2 is 2.10 bits per heavy atom. The Morgan fingerprint density at radius 3 is 2.70 bits per heavy atom. The van der Waals surface area contributed by atoms with Gasteiger partial charge in [-0.2, -0.15) is 0 Å². The van der Waals surface area contributed by atoms with Gasteiger partial charge >= 0.3 is 0 Å². The van der Waals surface area contributed by atoms with Crippen LogP contribution in [0.4, 0.5) is 0 Å².